The molecule has 2 aliphatic rings. The Morgan fingerprint density at radius 3 is 2.75 bits per heavy atom. The molecule has 0 atom stereocenters. The van der Waals surface area contributed by atoms with Gasteiger partial charge in [0.2, 0.25) is 0 Å². The lowest BCUT2D eigenvalue weighted by atomic mass is 9.68. The molecule has 0 aromatic carbocycles. The van der Waals surface area contributed by atoms with Crippen molar-refractivity contribution in [3.05, 3.63) is 17.7 Å². The van der Waals surface area contributed by atoms with E-state index in [4.69, 9.17) is 0 Å². The molecule has 2 fully saturated rings. The maximum absolute atomic E-state index is 4.64. The van der Waals surface area contributed by atoms with Crippen LogP contribution in [0.15, 0.2) is 6.20 Å². The first kappa shape index (κ1) is 10.3. The normalized spacial score (nSPS) is 23.8. The number of likely N-dealkylation sites (N-methyl/N-ethyl adjacent to an activating group) is 1. The third kappa shape index (κ3) is 1.49. The first-order valence-corrected chi connectivity index (χ1v) is 6.54. The molecule has 2 saturated carbocycles. The van der Waals surface area contributed by atoms with Gasteiger partial charge in [0, 0.05) is 29.8 Å². The van der Waals surface area contributed by atoms with E-state index in [1.165, 1.54) is 50.0 Å². The van der Waals surface area contributed by atoms with E-state index in [2.05, 4.69) is 21.5 Å². The minimum Gasteiger partial charge on any atom is -0.345 e. The van der Waals surface area contributed by atoms with Gasteiger partial charge >= 0.3 is 0 Å². The molecular weight excluding hydrogens is 198 g/mol. The van der Waals surface area contributed by atoms with Crippen molar-refractivity contribution >= 4 is 0 Å². The second kappa shape index (κ2) is 3.88. The molecule has 0 amide bonds. The Hall–Kier alpha value is -0.830. The van der Waals surface area contributed by atoms with Crippen LogP contribution >= 0.6 is 0 Å². The van der Waals surface area contributed by atoms with Gasteiger partial charge in [-0.05, 0) is 32.7 Å². The van der Waals surface area contributed by atoms with Crippen molar-refractivity contribution in [1.29, 1.82) is 0 Å². The van der Waals surface area contributed by atoms with E-state index in [0.717, 1.165) is 12.5 Å². The van der Waals surface area contributed by atoms with Crippen molar-refractivity contribution in [2.75, 3.05) is 13.6 Å². The zero-order valence-electron chi connectivity index (χ0n) is 10.1. The predicted octanol–water partition coefficient (Wildman–Crippen LogP) is 2.32. The van der Waals surface area contributed by atoms with Crippen LogP contribution in [0.2, 0.25) is 0 Å². The Labute approximate surface area is 97.0 Å². The van der Waals surface area contributed by atoms with Gasteiger partial charge in [-0.15, -0.1) is 0 Å². The maximum Gasteiger partial charge on any atom is 0.113 e. The van der Waals surface area contributed by atoms with Crippen molar-refractivity contribution < 1.29 is 0 Å². The Balaban J connectivity index is 1.79. The highest BCUT2D eigenvalue weighted by Crippen LogP contribution is 2.43. The van der Waals surface area contributed by atoms with Gasteiger partial charge in [0.25, 0.3) is 0 Å². The van der Waals surface area contributed by atoms with Crippen LogP contribution in [0, 0.1) is 0 Å². The second-order valence-electron chi connectivity index (χ2n) is 5.48. The van der Waals surface area contributed by atoms with Crippen LogP contribution in [0.4, 0.5) is 0 Å². The number of rotatable bonds is 4. The molecule has 0 spiro atoms. The Bertz CT molecular complexity index is 361. The number of imidazole rings is 1. The summed E-state index contributed by atoms with van der Waals surface area (Å²) in [6.45, 7) is 1.06. The number of hydrogen-bond donors (Lipinski definition) is 2. The van der Waals surface area contributed by atoms with Crippen LogP contribution in [0.25, 0.3) is 0 Å². The molecule has 0 unspecified atom stereocenters. The van der Waals surface area contributed by atoms with Crippen molar-refractivity contribution in [3.63, 3.8) is 0 Å². The van der Waals surface area contributed by atoms with E-state index in [1.807, 2.05) is 7.05 Å². The Morgan fingerprint density at radius 1 is 1.44 bits per heavy atom. The van der Waals surface area contributed by atoms with Crippen LogP contribution in [-0.4, -0.2) is 23.6 Å². The molecule has 1 aromatic rings. The van der Waals surface area contributed by atoms with E-state index in [9.17, 15) is 0 Å². The first-order chi connectivity index (χ1) is 7.84. The van der Waals surface area contributed by atoms with Crippen LogP contribution in [0.3, 0.4) is 0 Å². The summed E-state index contributed by atoms with van der Waals surface area (Å²) in [5.74, 6) is 2.00. The molecular formula is C13H21N3. The third-order valence-electron chi connectivity index (χ3n) is 4.47. The fraction of sp³-hybridized carbons (Fsp3) is 0.769. The van der Waals surface area contributed by atoms with Crippen molar-refractivity contribution in [2.24, 2.45) is 0 Å². The fourth-order valence-corrected chi connectivity index (χ4v) is 2.97. The summed E-state index contributed by atoms with van der Waals surface area (Å²) >= 11 is 0. The highest BCUT2D eigenvalue weighted by atomic mass is 15.0. The predicted molar refractivity (Wildman–Crippen MR) is 64.6 cm³/mol. The van der Waals surface area contributed by atoms with Crippen molar-refractivity contribution in [2.45, 2.75) is 49.9 Å². The van der Waals surface area contributed by atoms with Crippen LogP contribution in [-0.2, 0) is 5.41 Å². The molecule has 0 radical (unpaired) electrons. The molecule has 0 saturated heterocycles. The average molecular weight is 219 g/mol. The summed E-state index contributed by atoms with van der Waals surface area (Å²) in [7, 11) is 2.04. The SMILES string of the molecule is CNCC1(c2ncc(C3CCC3)[nH]2)CCC1. The van der Waals surface area contributed by atoms with Gasteiger partial charge in [0.05, 0.1) is 0 Å². The molecule has 1 heterocycles. The number of H-pyrrole nitrogens is 1. The summed E-state index contributed by atoms with van der Waals surface area (Å²) in [6, 6.07) is 0. The van der Waals surface area contributed by atoms with Gasteiger partial charge in [0.1, 0.15) is 5.82 Å². The van der Waals surface area contributed by atoms with Gasteiger partial charge in [-0.3, -0.25) is 0 Å². The average Bonchev–Trinajstić information content (AvgIpc) is 2.57. The van der Waals surface area contributed by atoms with Gasteiger partial charge in [-0.25, -0.2) is 4.98 Å². The number of hydrogen-bond acceptors (Lipinski definition) is 2. The molecule has 0 aliphatic heterocycles. The smallest absolute Gasteiger partial charge is 0.113 e. The number of aromatic nitrogens is 2. The highest BCUT2D eigenvalue weighted by Gasteiger charge is 2.40. The first-order valence-electron chi connectivity index (χ1n) is 6.54. The second-order valence-corrected chi connectivity index (χ2v) is 5.48. The lowest BCUT2D eigenvalue weighted by molar-refractivity contribution is 0.225. The molecule has 3 rings (SSSR count). The standard InChI is InChI=1S/C13H21N3/c1-14-9-13(6-3-7-13)12-15-8-11(16-12)10-4-2-5-10/h8,10,14H,2-7,9H2,1H3,(H,15,16). The monoisotopic (exact) mass is 219 g/mol. The Kier molecular flexibility index (Phi) is 2.51. The maximum atomic E-state index is 4.64. The fourth-order valence-electron chi connectivity index (χ4n) is 2.97. The zero-order chi connectivity index (χ0) is 11.0. The topological polar surface area (TPSA) is 40.7 Å². The van der Waals surface area contributed by atoms with Crippen LogP contribution in [0.1, 0.15) is 56.0 Å². The molecule has 88 valence electrons. The lowest BCUT2D eigenvalue weighted by Crippen LogP contribution is -2.43. The summed E-state index contributed by atoms with van der Waals surface area (Å²) in [4.78, 5) is 8.23. The van der Waals surface area contributed by atoms with E-state index >= 15 is 0 Å². The molecule has 0 bridgehead atoms. The third-order valence-corrected chi connectivity index (χ3v) is 4.47. The van der Waals surface area contributed by atoms with Gasteiger partial charge in [-0.2, -0.15) is 0 Å². The van der Waals surface area contributed by atoms with Crippen LogP contribution in [0.5, 0.6) is 0 Å². The largest absolute Gasteiger partial charge is 0.345 e. The Morgan fingerprint density at radius 2 is 2.25 bits per heavy atom. The van der Waals surface area contributed by atoms with E-state index in [0.29, 0.717) is 5.41 Å². The summed E-state index contributed by atoms with van der Waals surface area (Å²) < 4.78 is 0. The van der Waals surface area contributed by atoms with Gasteiger partial charge in [0.15, 0.2) is 0 Å². The van der Waals surface area contributed by atoms with E-state index < -0.39 is 0 Å². The number of nitrogens with one attached hydrogen (secondary N) is 2. The molecule has 3 nitrogen and oxygen atoms in total. The van der Waals surface area contributed by atoms with E-state index in [-0.39, 0.29) is 0 Å². The van der Waals surface area contributed by atoms with Gasteiger partial charge < -0.3 is 10.3 Å². The van der Waals surface area contributed by atoms with E-state index in [1.54, 1.807) is 0 Å². The molecule has 16 heavy (non-hydrogen) atoms. The zero-order valence-corrected chi connectivity index (χ0v) is 10.1. The van der Waals surface area contributed by atoms with Crippen LogP contribution < -0.4 is 5.32 Å². The molecule has 3 heteroatoms. The van der Waals surface area contributed by atoms with Crippen molar-refractivity contribution in [1.82, 2.24) is 15.3 Å². The minimum atomic E-state index is 0.316. The molecule has 2 aliphatic carbocycles. The summed E-state index contributed by atoms with van der Waals surface area (Å²) in [6.07, 6.45) is 10.1. The minimum absolute atomic E-state index is 0.316. The lowest BCUT2D eigenvalue weighted by Gasteiger charge is -2.40. The number of nitrogens with zero attached hydrogens (tertiary/aromatic N) is 1. The molecule has 1 aromatic heterocycles. The number of aromatic amines is 1. The summed E-state index contributed by atoms with van der Waals surface area (Å²) in [5.41, 5.74) is 1.69. The summed E-state index contributed by atoms with van der Waals surface area (Å²) in [5, 5.41) is 3.32. The van der Waals surface area contributed by atoms with Gasteiger partial charge in [-0.1, -0.05) is 12.8 Å². The molecule has 2 N–H and O–H groups in total. The quantitative estimate of drug-likeness (QED) is 0.816. The van der Waals surface area contributed by atoms with Crippen molar-refractivity contribution in [3.8, 4) is 0 Å². The highest BCUT2D eigenvalue weighted by molar-refractivity contribution is 5.19.